The Labute approximate surface area is 130 Å². The van der Waals surface area contributed by atoms with E-state index < -0.39 is 0 Å². The van der Waals surface area contributed by atoms with Crippen molar-refractivity contribution < 1.29 is 4.39 Å². The van der Waals surface area contributed by atoms with Gasteiger partial charge in [0, 0.05) is 18.8 Å². The second kappa shape index (κ2) is 6.60. The second-order valence-electron chi connectivity index (χ2n) is 5.47. The molecule has 0 unspecified atom stereocenters. The Morgan fingerprint density at radius 3 is 2.18 bits per heavy atom. The number of hydrazone groups is 1. The first-order valence-electron chi connectivity index (χ1n) is 7.58. The summed E-state index contributed by atoms with van der Waals surface area (Å²) < 4.78 is 13.0. The summed E-state index contributed by atoms with van der Waals surface area (Å²) in [5.41, 5.74) is 3.15. The molecular formula is C18H20FN3. The van der Waals surface area contributed by atoms with Gasteiger partial charge in [0.15, 0.2) is 0 Å². The van der Waals surface area contributed by atoms with Crippen LogP contribution in [0.15, 0.2) is 59.7 Å². The highest BCUT2D eigenvalue weighted by molar-refractivity contribution is 5.98. The normalized spacial score (nSPS) is 16.0. The van der Waals surface area contributed by atoms with Gasteiger partial charge in [0.2, 0.25) is 0 Å². The van der Waals surface area contributed by atoms with Gasteiger partial charge in [-0.2, -0.15) is 5.10 Å². The molecule has 0 aliphatic carbocycles. The van der Waals surface area contributed by atoms with Crippen molar-refractivity contribution in [3.8, 4) is 0 Å². The van der Waals surface area contributed by atoms with Gasteiger partial charge >= 0.3 is 0 Å². The Hall–Kier alpha value is -2.36. The molecule has 114 valence electrons. The maximum absolute atomic E-state index is 13.0. The molecule has 1 fully saturated rings. The van der Waals surface area contributed by atoms with Crippen molar-refractivity contribution in [2.75, 3.05) is 31.1 Å². The molecule has 0 aromatic heterocycles. The zero-order valence-corrected chi connectivity index (χ0v) is 12.7. The van der Waals surface area contributed by atoms with Crippen LogP contribution in [0.3, 0.4) is 0 Å². The fraction of sp³-hybridized carbons (Fsp3) is 0.278. The molecular weight excluding hydrogens is 277 g/mol. The van der Waals surface area contributed by atoms with Gasteiger partial charge in [0.05, 0.1) is 18.8 Å². The SMILES string of the molecule is C/C(=N/N1CCN(c2ccccc2)CC1)c1ccc(F)cc1. The maximum Gasteiger partial charge on any atom is 0.123 e. The molecule has 1 saturated heterocycles. The zero-order chi connectivity index (χ0) is 15.4. The lowest BCUT2D eigenvalue weighted by atomic mass is 10.1. The summed E-state index contributed by atoms with van der Waals surface area (Å²) in [6.45, 7) is 5.69. The van der Waals surface area contributed by atoms with Crippen LogP contribution < -0.4 is 4.90 Å². The van der Waals surface area contributed by atoms with Crippen LogP contribution in [0.5, 0.6) is 0 Å². The zero-order valence-electron chi connectivity index (χ0n) is 12.7. The summed E-state index contributed by atoms with van der Waals surface area (Å²) in [5.74, 6) is -0.215. The molecule has 3 rings (SSSR count). The van der Waals surface area contributed by atoms with Crippen LogP contribution in [0.1, 0.15) is 12.5 Å². The van der Waals surface area contributed by atoms with E-state index in [0.29, 0.717) is 0 Å². The summed E-state index contributed by atoms with van der Waals surface area (Å²) in [4.78, 5) is 2.37. The topological polar surface area (TPSA) is 18.8 Å². The van der Waals surface area contributed by atoms with E-state index in [4.69, 9.17) is 0 Å². The summed E-state index contributed by atoms with van der Waals surface area (Å²) in [7, 11) is 0. The van der Waals surface area contributed by atoms with Crippen LogP contribution in [-0.4, -0.2) is 36.9 Å². The van der Waals surface area contributed by atoms with E-state index in [1.54, 1.807) is 12.1 Å². The molecule has 0 saturated carbocycles. The highest BCUT2D eigenvalue weighted by atomic mass is 19.1. The Bertz CT molecular complexity index is 629. The minimum absolute atomic E-state index is 0.215. The molecule has 0 amide bonds. The van der Waals surface area contributed by atoms with E-state index in [1.807, 2.05) is 13.0 Å². The molecule has 0 radical (unpaired) electrons. The van der Waals surface area contributed by atoms with Crippen molar-refractivity contribution in [2.45, 2.75) is 6.92 Å². The molecule has 0 bridgehead atoms. The van der Waals surface area contributed by atoms with Crippen molar-refractivity contribution in [3.05, 3.63) is 66.0 Å². The molecule has 2 aromatic carbocycles. The van der Waals surface area contributed by atoms with E-state index in [2.05, 4.69) is 39.3 Å². The number of hydrogen-bond acceptors (Lipinski definition) is 3. The number of benzene rings is 2. The largest absolute Gasteiger partial charge is 0.368 e. The minimum Gasteiger partial charge on any atom is -0.368 e. The van der Waals surface area contributed by atoms with Crippen LogP contribution in [0.2, 0.25) is 0 Å². The lowest BCUT2D eigenvalue weighted by Gasteiger charge is -2.34. The van der Waals surface area contributed by atoms with E-state index in [9.17, 15) is 4.39 Å². The minimum atomic E-state index is -0.215. The molecule has 1 aliphatic rings. The lowest BCUT2D eigenvalue weighted by Crippen LogP contribution is -2.44. The Morgan fingerprint density at radius 1 is 0.909 bits per heavy atom. The van der Waals surface area contributed by atoms with Crippen LogP contribution in [-0.2, 0) is 0 Å². The highest BCUT2D eigenvalue weighted by Gasteiger charge is 2.16. The molecule has 3 nitrogen and oxygen atoms in total. The first kappa shape index (κ1) is 14.6. The third-order valence-electron chi connectivity index (χ3n) is 3.93. The molecule has 0 spiro atoms. The van der Waals surface area contributed by atoms with Gasteiger partial charge in [0.25, 0.3) is 0 Å². The summed E-state index contributed by atoms with van der Waals surface area (Å²) in [5, 5.41) is 6.76. The van der Waals surface area contributed by atoms with E-state index in [0.717, 1.165) is 37.5 Å². The van der Waals surface area contributed by atoms with Gasteiger partial charge < -0.3 is 4.90 Å². The Morgan fingerprint density at radius 2 is 1.55 bits per heavy atom. The van der Waals surface area contributed by atoms with Gasteiger partial charge in [-0.25, -0.2) is 4.39 Å². The van der Waals surface area contributed by atoms with Gasteiger partial charge in [-0.3, -0.25) is 5.01 Å². The fourth-order valence-corrected chi connectivity index (χ4v) is 2.65. The number of nitrogens with zero attached hydrogens (tertiary/aromatic N) is 3. The van der Waals surface area contributed by atoms with Gasteiger partial charge in [-0.1, -0.05) is 30.3 Å². The monoisotopic (exact) mass is 297 g/mol. The van der Waals surface area contributed by atoms with E-state index in [1.165, 1.54) is 17.8 Å². The lowest BCUT2D eigenvalue weighted by molar-refractivity contribution is 0.270. The van der Waals surface area contributed by atoms with Gasteiger partial charge in [-0.15, -0.1) is 0 Å². The predicted molar refractivity (Wildman–Crippen MR) is 88.8 cm³/mol. The van der Waals surface area contributed by atoms with Crippen LogP contribution in [0.4, 0.5) is 10.1 Å². The fourth-order valence-electron chi connectivity index (χ4n) is 2.65. The number of hydrogen-bond donors (Lipinski definition) is 0. The number of anilines is 1. The summed E-state index contributed by atoms with van der Waals surface area (Å²) >= 11 is 0. The third-order valence-corrected chi connectivity index (χ3v) is 3.93. The van der Waals surface area contributed by atoms with Crippen molar-refractivity contribution in [1.82, 2.24) is 5.01 Å². The third kappa shape index (κ3) is 3.45. The standard InChI is InChI=1S/C18H20FN3/c1-15(16-7-9-17(19)10-8-16)20-22-13-11-21(12-14-22)18-5-3-2-4-6-18/h2-10H,11-14H2,1H3/b20-15-. The van der Waals surface area contributed by atoms with E-state index in [-0.39, 0.29) is 5.82 Å². The van der Waals surface area contributed by atoms with Crippen LogP contribution in [0, 0.1) is 5.82 Å². The molecule has 22 heavy (non-hydrogen) atoms. The van der Waals surface area contributed by atoms with Gasteiger partial charge in [-0.05, 0) is 36.8 Å². The Balaban J connectivity index is 1.61. The molecule has 4 heteroatoms. The molecule has 0 atom stereocenters. The van der Waals surface area contributed by atoms with Crippen molar-refractivity contribution in [3.63, 3.8) is 0 Å². The van der Waals surface area contributed by atoms with Crippen molar-refractivity contribution in [1.29, 1.82) is 0 Å². The quantitative estimate of drug-likeness (QED) is 0.809. The highest BCUT2D eigenvalue weighted by Crippen LogP contribution is 2.16. The average molecular weight is 297 g/mol. The van der Waals surface area contributed by atoms with E-state index >= 15 is 0 Å². The first-order chi connectivity index (χ1) is 10.7. The van der Waals surface area contributed by atoms with Crippen LogP contribution in [0.25, 0.3) is 0 Å². The molecule has 0 N–H and O–H groups in total. The smallest absolute Gasteiger partial charge is 0.123 e. The number of piperazine rings is 1. The first-order valence-corrected chi connectivity index (χ1v) is 7.58. The van der Waals surface area contributed by atoms with Gasteiger partial charge in [0.1, 0.15) is 5.82 Å². The van der Waals surface area contributed by atoms with Crippen molar-refractivity contribution >= 4 is 11.4 Å². The maximum atomic E-state index is 13.0. The second-order valence-corrected chi connectivity index (χ2v) is 5.47. The summed E-state index contributed by atoms with van der Waals surface area (Å²) in [6.07, 6.45) is 0. The summed E-state index contributed by atoms with van der Waals surface area (Å²) in [6, 6.07) is 16.9. The molecule has 1 heterocycles. The van der Waals surface area contributed by atoms with Crippen molar-refractivity contribution in [2.24, 2.45) is 5.10 Å². The average Bonchev–Trinajstić information content (AvgIpc) is 2.57. The Kier molecular flexibility index (Phi) is 4.37. The molecule has 2 aromatic rings. The number of para-hydroxylation sites is 1. The number of rotatable bonds is 3. The molecule has 1 aliphatic heterocycles. The van der Waals surface area contributed by atoms with Crippen LogP contribution >= 0.6 is 0 Å². The predicted octanol–water partition coefficient (Wildman–Crippen LogP) is 3.37. The number of halogens is 1.